The van der Waals surface area contributed by atoms with E-state index in [0.717, 1.165) is 18.5 Å². The average Bonchev–Trinajstić information content (AvgIpc) is 2.43. The van der Waals surface area contributed by atoms with E-state index in [2.05, 4.69) is 31.1 Å². The third-order valence-corrected chi connectivity index (χ3v) is 4.56. The highest BCUT2D eigenvalue weighted by Gasteiger charge is 2.28. The van der Waals surface area contributed by atoms with Crippen molar-refractivity contribution >= 4 is 0 Å². The summed E-state index contributed by atoms with van der Waals surface area (Å²) in [4.78, 5) is 2.39. The summed E-state index contributed by atoms with van der Waals surface area (Å²) in [5.41, 5.74) is 1.19. The highest BCUT2D eigenvalue weighted by molar-refractivity contribution is 5.18. The smallest absolute Gasteiger partial charge is 0.126 e. The van der Waals surface area contributed by atoms with E-state index in [1.54, 1.807) is 12.1 Å². The van der Waals surface area contributed by atoms with Crippen molar-refractivity contribution in [3.05, 3.63) is 35.6 Å². The summed E-state index contributed by atoms with van der Waals surface area (Å²) in [6.45, 7) is 7.89. The SMILES string of the molecule is CC(Cc1ccccc1F)NCC1(C)CCN(C)CC1. The van der Waals surface area contributed by atoms with Gasteiger partial charge in [-0.15, -0.1) is 0 Å². The van der Waals surface area contributed by atoms with Crippen LogP contribution in [0.3, 0.4) is 0 Å². The zero-order valence-electron chi connectivity index (χ0n) is 13.0. The first-order valence-corrected chi connectivity index (χ1v) is 7.64. The van der Waals surface area contributed by atoms with E-state index in [-0.39, 0.29) is 5.82 Å². The first kappa shape index (κ1) is 15.5. The molecule has 2 nitrogen and oxygen atoms in total. The fourth-order valence-electron chi connectivity index (χ4n) is 2.82. The lowest BCUT2D eigenvalue weighted by Gasteiger charge is -2.38. The summed E-state index contributed by atoms with van der Waals surface area (Å²) in [6.07, 6.45) is 3.23. The van der Waals surface area contributed by atoms with Crippen LogP contribution >= 0.6 is 0 Å². The van der Waals surface area contributed by atoms with E-state index >= 15 is 0 Å². The molecule has 1 N–H and O–H groups in total. The number of likely N-dealkylation sites (tertiary alicyclic amines) is 1. The van der Waals surface area contributed by atoms with Crippen molar-refractivity contribution in [2.24, 2.45) is 5.41 Å². The molecule has 1 saturated heterocycles. The van der Waals surface area contributed by atoms with E-state index in [4.69, 9.17) is 0 Å². The van der Waals surface area contributed by atoms with Crippen molar-refractivity contribution in [2.75, 3.05) is 26.7 Å². The fraction of sp³-hybridized carbons (Fsp3) is 0.647. The monoisotopic (exact) mass is 278 g/mol. The van der Waals surface area contributed by atoms with E-state index < -0.39 is 0 Å². The number of hydrogen-bond donors (Lipinski definition) is 1. The summed E-state index contributed by atoms with van der Waals surface area (Å²) in [6, 6.07) is 7.38. The Bertz CT molecular complexity index is 425. The number of nitrogens with zero attached hydrogens (tertiary/aromatic N) is 1. The second-order valence-corrected chi connectivity index (χ2v) is 6.69. The molecule has 0 radical (unpaired) electrons. The minimum atomic E-state index is -0.0911. The van der Waals surface area contributed by atoms with Gasteiger partial charge in [0.15, 0.2) is 0 Å². The summed E-state index contributed by atoms with van der Waals surface area (Å²) in [5, 5.41) is 3.60. The van der Waals surface area contributed by atoms with Crippen LogP contribution in [0.25, 0.3) is 0 Å². The quantitative estimate of drug-likeness (QED) is 0.890. The number of benzene rings is 1. The minimum absolute atomic E-state index is 0.0911. The molecular formula is C17H27FN2. The van der Waals surface area contributed by atoms with E-state index in [0.29, 0.717) is 11.5 Å². The first-order valence-electron chi connectivity index (χ1n) is 7.64. The Balaban J connectivity index is 1.80. The van der Waals surface area contributed by atoms with Crippen LogP contribution in [0.2, 0.25) is 0 Å². The van der Waals surface area contributed by atoms with Crippen molar-refractivity contribution in [3.8, 4) is 0 Å². The van der Waals surface area contributed by atoms with Crippen LogP contribution in [0.1, 0.15) is 32.3 Å². The van der Waals surface area contributed by atoms with Gasteiger partial charge in [0, 0.05) is 12.6 Å². The predicted molar refractivity (Wildman–Crippen MR) is 82.4 cm³/mol. The zero-order chi connectivity index (χ0) is 14.6. The topological polar surface area (TPSA) is 15.3 Å². The van der Waals surface area contributed by atoms with E-state index in [1.807, 2.05) is 12.1 Å². The molecule has 2 rings (SSSR count). The Morgan fingerprint density at radius 3 is 2.60 bits per heavy atom. The molecule has 112 valence electrons. The molecule has 0 amide bonds. The molecule has 1 aliphatic heterocycles. The highest BCUT2D eigenvalue weighted by atomic mass is 19.1. The van der Waals surface area contributed by atoms with Gasteiger partial charge in [-0.1, -0.05) is 25.1 Å². The predicted octanol–water partition coefficient (Wildman–Crippen LogP) is 3.08. The van der Waals surface area contributed by atoms with Gasteiger partial charge in [-0.25, -0.2) is 4.39 Å². The van der Waals surface area contributed by atoms with Gasteiger partial charge < -0.3 is 10.2 Å². The molecular weight excluding hydrogens is 251 g/mol. The molecule has 1 unspecified atom stereocenters. The van der Waals surface area contributed by atoms with Gasteiger partial charge in [-0.2, -0.15) is 0 Å². The van der Waals surface area contributed by atoms with Gasteiger partial charge in [0.1, 0.15) is 5.82 Å². The van der Waals surface area contributed by atoms with Crippen LogP contribution in [0.5, 0.6) is 0 Å². The molecule has 0 aromatic heterocycles. The van der Waals surface area contributed by atoms with Crippen molar-refractivity contribution in [1.82, 2.24) is 10.2 Å². The third kappa shape index (κ3) is 4.29. The molecule has 0 bridgehead atoms. The Labute approximate surface area is 122 Å². The maximum atomic E-state index is 13.6. The second kappa shape index (κ2) is 6.68. The van der Waals surface area contributed by atoms with Gasteiger partial charge in [-0.05, 0) is 63.4 Å². The molecule has 0 spiro atoms. The lowest BCUT2D eigenvalue weighted by Crippen LogP contribution is -2.44. The summed E-state index contributed by atoms with van der Waals surface area (Å²) in [5.74, 6) is -0.0911. The number of rotatable bonds is 5. The van der Waals surface area contributed by atoms with Crippen LogP contribution in [0.15, 0.2) is 24.3 Å². The summed E-state index contributed by atoms with van der Waals surface area (Å²) >= 11 is 0. The molecule has 1 aromatic rings. The Kier molecular flexibility index (Phi) is 5.17. The number of piperidine rings is 1. The molecule has 1 heterocycles. The van der Waals surface area contributed by atoms with Crippen LogP contribution in [-0.2, 0) is 6.42 Å². The van der Waals surface area contributed by atoms with Crippen LogP contribution < -0.4 is 5.32 Å². The summed E-state index contributed by atoms with van der Waals surface area (Å²) in [7, 11) is 2.19. The van der Waals surface area contributed by atoms with Crippen LogP contribution in [-0.4, -0.2) is 37.6 Å². The Morgan fingerprint density at radius 1 is 1.30 bits per heavy atom. The van der Waals surface area contributed by atoms with Crippen LogP contribution in [0, 0.1) is 11.2 Å². The standard InChI is InChI=1S/C17H27FN2/c1-14(12-15-6-4-5-7-16(15)18)19-13-17(2)8-10-20(3)11-9-17/h4-7,14,19H,8-13H2,1-3H3. The molecule has 20 heavy (non-hydrogen) atoms. The maximum absolute atomic E-state index is 13.6. The van der Waals surface area contributed by atoms with Gasteiger partial charge >= 0.3 is 0 Å². The number of nitrogens with one attached hydrogen (secondary N) is 1. The lowest BCUT2D eigenvalue weighted by molar-refractivity contribution is 0.134. The first-order chi connectivity index (χ1) is 9.48. The molecule has 1 aliphatic rings. The van der Waals surface area contributed by atoms with Crippen LogP contribution in [0.4, 0.5) is 4.39 Å². The molecule has 0 saturated carbocycles. The molecule has 1 aromatic carbocycles. The Hall–Kier alpha value is -0.930. The van der Waals surface area contributed by atoms with Crippen molar-refractivity contribution in [1.29, 1.82) is 0 Å². The third-order valence-electron chi connectivity index (χ3n) is 4.56. The van der Waals surface area contributed by atoms with Gasteiger partial charge in [0.25, 0.3) is 0 Å². The highest BCUT2D eigenvalue weighted by Crippen LogP contribution is 2.29. The van der Waals surface area contributed by atoms with Gasteiger partial charge in [0.2, 0.25) is 0 Å². The van der Waals surface area contributed by atoms with E-state index in [9.17, 15) is 4.39 Å². The molecule has 0 aliphatic carbocycles. The largest absolute Gasteiger partial charge is 0.313 e. The molecule has 3 heteroatoms. The number of halogens is 1. The maximum Gasteiger partial charge on any atom is 0.126 e. The van der Waals surface area contributed by atoms with Crippen molar-refractivity contribution in [2.45, 2.75) is 39.2 Å². The summed E-state index contributed by atoms with van der Waals surface area (Å²) < 4.78 is 13.6. The van der Waals surface area contributed by atoms with Crippen molar-refractivity contribution < 1.29 is 4.39 Å². The van der Waals surface area contributed by atoms with Gasteiger partial charge in [-0.3, -0.25) is 0 Å². The van der Waals surface area contributed by atoms with Gasteiger partial charge in [0.05, 0.1) is 0 Å². The molecule has 1 atom stereocenters. The second-order valence-electron chi connectivity index (χ2n) is 6.69. The Morgan fingerprint density at radius 2 is 1.95 bits per heavy atom. The fourth-order valence-corrected chi connectivity index (χ4v) is 2.82. The minimum Gasteiger partial charge on any atom is -0.313 e. The lowest BCUT2D eigenvalue weighted by atomic mass is 9.80. The average molecular weight is 278 g/mol. The number of hydrogen-bond acceptors (Lipinski definition) is 2. The molecule has 1 fully saturated rings. The van der Waals surface area contributed by atoms with E-state index in [1.165, 1.54) is 25.9 Å². The normalized spacial score (nSPS) is 20.8. The van der Waals surface area contributed by atoms with Crippen molar-refractivity contribution in [3.63, 3.8) is 0 Å². The zero-order valence-corrected chi connectivity index (χ0v) is 13.0.